The fourth-order valence-electron chi connectivity index (χ4n) is 7.29. The van der Waals surface area contributed by atoms with Gasteiger partial charge >= 0.3 is 12.1 Å². The number of esters is 1. The number of Topliss-reactive ketones (excluding diaryl/α,β-unsaturated/α-hetero) is 1. The molecule has 0 aromatic heterocycles. The summed E-state index contributed by atoms with van der Waals surface area (Å²) in [5, 5.41) is 17.8. The number of aliphatic hydroxyl groups excluding tert-OH is 1. The van der Waals surface area contributed by atoms with Gasteiger partial charge in [-0.1, -0.05) is 27.7 Å². The van der Waals surface area contributed by atoms with E-state index in [0.29, 0.717) is 25.8 Å². The molecule has 3 saturated heterocycles. The van der Waals surface area contributed by atoms with E-state index in [-0.39, 0.29) is 29.9 Å². The summed E-state index contributed by atoms with van der Waals surface area (Å²) in [6.07, 6.45) is -2.06. The molecule has 12 heteroatoms. The van der Waals surface area contributed by atoms with Gasteiger partial charge in [0.25, 0.3) is 0 Å². The van der Waals surface area contributed by atoms with Gasteiger partial charge in [0.2, 0.25) is 0 Å². The van der Waals surface area contributed by atoms with Gasteiger partial charge in [-0.15, -0.1) is 0 Å². The van der Waals surface area contributed by atoms with Crippen LogP contribution in [0, 0.1) is 17.8 Å². The Morgan fingerprint density at radius 3 is 2.30 bits per heavy atom. The van der Waals surface area contributed by atoms with Gasteiger partial charge in [-0.05, 0) is 79.9 Å². The Hall–Kier alpha value is -1.83. The molecule has 3 fully saturated rings. The summed E-state index contributed by atoms with van der Waals surface area (Å²) in [6, 6.07) is -0.917. The van der Waals surface area contributed by atoms with E-state index >= 15 is 0 Å². The minimum atomic E-state index is -1.15. The van der Waals surface area contributed by atoms with Crippen LogP contribution in [0.1, 0.15) is 81.1 Å². The van der Waals surface area contributed by atoms with Crippen LogP contribution < -0.4 is 10.6 Å². The van der Waals surface area contributed by atoms with Crippen LogP contribution in [0.3, 0.4) is 0 Å². The molecule has 0 saturated carbocycles. The molecule has 12 nitrogen and oxygen atoms in total. The van der Waals surface area contributed by atoms with Crippen LogP contribution in [0.2, 0.25) is 0 Å². The largest absolute Gasteiger partial charge is 0.458 e. The molecule has 13 atom stereocenters. The number of amides is 1. The number of carbonyl (C=O) groups excluding carboxylic acids is 3. The van der Waals surface area contributed by atoms with Gasteiger partial charge in [-0.25, -0.2) is 4.79 Å². The normalized spacial score (nSPS) is 44.7. The van der Waals surface area contributed by atoms with Crippen molar-refractivity contribution in [2.75, 3.05) is 27.7 Å². The molecule has 254 valence electrons. The first kappa shape index (κ1) is 36.6. The van der Waals surface area contributed by atoms with Gasteiger partial charge in [0.15, 0.2) is 17.7 Å². The molecule has 3 N–H and O–H groups in total. The molecule has 3 aliphatic rings. The van der Waals surface area contributed by atoms with E-state index < -0.39 is 65.7 Å². The summed E-state index contributed by atoms with van der Waals surface area (Å²) in [4.78, 5) is 42.0. The van der Waals surface area contributed by atoms with Crippen molar-refractivity contribution in [1.29, 1.82) is 0 Å². The van der Waals surface area contributed by atoms with Crippen LogP contribution in [0.5, 0.6) is 0 Å². The Bertz CT molecular complexity index is 1010. The second-order valence-electron chi connectivity index (χ2n) is 13.8. The highest BCUT2D eigenvalue weighted by Crippen LogP contribution is 2.38. The van der Waals surface area contributed by atoms with Crippen LogP contribution in [0.25, 0.3) is 0 Å². The number of fused-ring (bicyclic) bond motifs is 1. The van der Waals surface area contributed by atoms with Crippen LogP contribution in [-0.4, -0.2) is 116 Å². The van der Waals surface area contributed by atoms with Crippen molar-refractivity contribution >= 4 is 17.8 Å². The van der Waals surface area contributed by atoms with Gasteiger partial charge in [-0.2, -0.15) is 0 Å². The number of ketones is 1. The van der Waals surface area contributed by atoms with Gasteiger partial charge in [0.05, 0.1) is 23.9 Å². The molecule has 1 amide bonds. The summed E-state index contributed by atoms with van der Waals surface area (Å²) in [7, 11) is 5.41. The molecule has 0 aromatic carbocycles. The smallest absolute Gasteiger partial charge is 0.408 e. The van der Waals surface area contributed by atoms with Gasteiger partial charge < -0.3 is 44.3 Å². The number of nitrogens with zero attached hydrogens (tertiary/aromatic N) is 1. The zero-order valence-corrected chi connectivity index (χ0v) is 28.5. The van der Waals surface area contributed by atoms with E-state index in [1.807, 2.05) is 46.7 Å². The van der Waals surface area contributed by atoms with E-state index in [0.717, 1.165) is 6.42 Å². The maximum Gasteiger partial charge on any atom is 0.408 e. The van der Waals surface area contributed by atoms with Crippen molar-refractivity contribution in [1.82, 2.24) is 15.5 Å². The summed E-state index contributed by atoms with van der Waals surface area (Å²) >= 11 is 0. The van der Waals surface area contributed by atoms with Gasteiger partial charge in [0, 0.05) is 25.1 Å². The maximum atomic E-state index is 14.1. The topological polar surface area (TPSA) is 145 Å². The molecular weight excluding hydrogens is 570 g/mol. The lowest BCUT2D eigenvalue weighted by Crippen LogP contribution is -2.60. The zero-order chi connectivity index (χ0) is 33.1. The maximum absolute atomic E-state index is 14.1. The van der Waals surface area contributed by atoms with E-state index in [2.05, 4.69) is 17.6 Å². The molecule has 44 heavy (non-hydrogen) atoms. The average Bonchev–Trinajstić information content (AvgIpc) is 3.30. The lowest BCUT2D eigenvalue weighted by atomic mass is 9.78. The number of ether oxygens (including phenoxy) is 5. The standard InChI is InChI=1S/C32H57N3O9/c1-12-21-14-22(35(9)10)25(37)29(41-21)43-27-18(4)24(36)19(5)28(38)42-23(13-2)32(8)26(34-30(39)44-32)20(6)33-16-17(3)15-31(27,7)40-11/h17-23,25-27,29,33,37H,12-16H2,1-11H3,(H,34,39)/t17-,18+,19?,20-,21?,22?,23-,25?,26-,27-,29+,31-,32-/m1/s1. The molecule has 0 aromatic rings. The molecule has 0 aliphatic carbocycles. The summed E-state index contributed by atoms with van der Waals surface area (Å²) in [5.74, 6) is -3.00. The number of aliphatic hydroxyl groups is 1. The molecule has 4 unspecified atom stereocenters. The van der Waals surface area contributed by atoms with Crippen LogP contribution >= 0.6 is 0 Å². The Morgan fingerprint density at radius 2 is 1.73 bits per heavy atom. The van der Waals surface area contributed by atoms with Crippen molar-refractivity contribution in [3.8, 4) is 0 Å². The van der Waals surface area contributed by atoms with Crippen LogP contribution in [0.15, 0.2) is 0 Å². The van der Waals surface area contributed by atoms with E-state index in [4.69, 9.17) is 23.7 Å². The van der Waals surface area contributed by atoms with Crippen molar-refractivity contribution in [3.63, 3.8) is 0 Å². The molecule has 3 heterocycles. The molecule has 0 radical (unpaired) electrons. The number of carbonyl (C=O) groups is 3. The Balaban J connectivity index is 2.03. The van der Waals surface area contributed by atoms with Gasteiger partial charge in [-0.3, -0.25) is 9.59 Å². The zero-order valence-electron chi connectivity index (χ0n) is 28.5. The first-order valence-corrected chi connectivity index (χ1v) is 16.2. The van der Waals surface area contributed by atoms with Crippen molar-refractivity contribution in [3.05, 3.63) is 0 Å². The summed E-state index contributed by atoms with van der Waals surface area (Å²) < 4.78 is 30.7. The highest BCUT2D eigenvalue weighted by atomic mass is 16.7. The van der Waals surface area contributed by atoms with Crippen LogP contribution in [-0.2, 0) is 33.3 Å². The SMILES string of the molecule is CCC1CC(N(C)C)C(O)[C@H](O[C@@H]2[C@@H](C)C(=O)C(C)C(=O)O[C@H](CC)[C@@]3(C)OC(=O)N[C@@H]3[C@@H](C)NC[C@H](C)C[C@@]2(C)OC)O1. The van der Waals surface area contributed by atoms with Gasteiger partial charge in [0.1, 0.15) is 18.1 Å². The quantitative estimate of drug-likeness (QED) is 0.295. The number of rotatable bonds is 6. The minimum Gasteiger partial charge on any atom is -0.458 e. The van der Waals surface area contributed by atoms with Crippen molar-refractivity contribution < 1.29 is 43.2 Å². The third kappa shape index (κ3) is 7.58. The number of cyclic esters (lactones) is 1. The number of methoxy groups -OCH3 is 1. The third-order valence-electron chi connectivity index (χ3n) is 10.2. The van der Waals surface area contributed by atoms with Crippen LogP contribution in [0.4, 0.5) is 4.79 Å². The molecule has 3 aliphatic heterocycles. The number of alkyl carbamates (subject to hydrolysis) is 1. The number of nitrogens with one attached hydrogen (secondary N) is 2. The van der Waals surface area contributed by atoms with Crippen molar-refractivity contribution in [2.24, 2.45) is 17.8 Å². The molecule has 0 bridgehead atoms. The number of hydrogen-bond donors (Lipinski definition) is 3. The molecular formula is C32H57N3O9. The molecule has 0 spiro atoms. The second kappa shape index (κ2) is 14.7. The highest BCUT2D eigenvalue weighted by Gasteiger charge is 2.55. The lowest BCUT2D eigenvalue weighted by molar-refractivity contribution is -0.298. The Morgan fingerprint density at radius 1 is 1.07 bits per heavy atom. The van der Waals surface area contributed by atoms with Crippen molar-refractivity contribution in [2.45, 2.75) is 141 Å². The second-order valence-corrected chi connectivity index (χ2v) is 13.8. The van der Waals surface area contributed by atoms with E-state index in [1.165, 1.54) is 6.92 Å². The summed E-state index contributed by atoms with van der Waals surface area (Å²) in [5.41, 5.74) is -2.14. The Labute approximate surface area is 263 Å². The monoisotopic (exact) mass is 627 g/mol. The Kier molecular flexibility index (Phi) is 12.3. The minimum absolute atomic E-state index is 0.0394. The first-order chi connectivity index (χ1) is 20.5. The fraction of sp³-hybridized carbons (Fsp3) is 0.906. The van der Waals surface area contributed by atoms with E-state index in [9.17, 15) is 19.5 Å². The molecule has 3 rings (SSSR count). The summed E-state index contributed by atoms with van der Waals surface area (Å²) in [6.45, 7) is 15.4. The average molecular weight is 628 g/mol. The third-order valence-corrected chi connectivity index (χ3v) is 10.2. The lowest BCUT2D eigenvalue weighted by Gasteiger charge is -2.47. The first-order valence-electron chi connectivity index (χ1n) is 16.2. The van der Waals surface area contributed by atoms with E-state index in [1.54, 1.807) is 21.0 Å². The number of hydrogen-bond acceptors (Lipinski definition) is 11. The predicted octanol–water partition coefficient (Wildman–Crippen LogP) is 2.64. The predicted molar refractivity (Wildman–Crippen MR) is 164 cm³/mol. The fourth-order valence-corrected chi connectivity index (χ4v) is 7.29. The highest BCUT2D eigenvalue weighted by molar-refractivity contribution is 6.00. The number of likely N-dealkylation sites (N-methyl/N-ethyl adjacent to an activating group) is 1.